The molecule has 0 unspecified atom stereocenters. The van der Waals surface area contributed by atoms with Crippen LogP contribution in [-0.4, -0.2) is 27.5 Å². The summed E-state index contributed by atoms with van der Waals surface area (Å²) in [4.78, 5) is 16.6. The lowest BCUT2D eigenvalue weighted by Gasteiger charge is -2.04. The van der Waals surface area contributed by atoms with Crippen LogP contribution in [0.5, 0.6) is 11.5 Å². The Morgan fingerprint density at radius 1 is 1.16 bits per heavy atom. The van der Waals surface area contributed by atoms with Gasteiger partial charge in [-0.05, 0) is 43.3 Å². The van der Waals surface area contributed by atoms with Gasteiger partial charge in [-0.2, -0.15) is 0 Å². The molecule has 0 saturated carbocycles. The maximum absolute atomic E-state index is 13.0. The second-order valence-electron chi connectivity index (χ2n) is 5.39. The highest BCUT2D eigenvalue weighted by molar-refractivity contribution is 6.01. The molecule has 8 heteroatoms. The van der Waals surface area contributed by atoms with E-state index in [0.717, 1.165) is 0 Å². The summed E-state index contributed by atoms with van der Waals surface area (Å²) < 4.78 is 25.0. The van der Waals surface area contributed by atoms with E-state index in [1.165, 1.54) is 16.8 Å². The van der Waals surface area contributed by atoms with Crippen molar-refractivity contribution in [3.63, 3.8) is 0 Å². The average molecular weight is 340 g/mol. The molecule has 0 bridgehead atoms. The summed E-state index contributed by atoms with van der Waals surface area (Å²) in [7, 11) is 0. The van der Waals surface area contributed by atoms with Gasteiger partial charge in [0.2, 0.25) is 12.6 Å². The number of nitrogens with zero attached hydrogens (tertiary/aromatic N) is 3. The molecule has 1 N–H and O–H groups in total. The predicted octanol–water partition coefficient (Wildman–Crippen LogP) is 2.70. The van der Waals surface area contributed by atoms with Crippen molar-refractivity contribution in [3.8, 4) is 17.2 Å². The fourth-order valence-corrected chi connectivity index (χ4v) is 2.47. The van der Waals surface area contributed by atoms with Crippen LogP contribution in [0.1, 0.15) is 16.4 Å². The number of aromatic nitrogens is 3. The number of ether oxygens (including phenoxy) is 2. The van der Waals surface area contributed by atoms with E-state index in [4.69, 9.17) is 9.47 Å². The molecule has 25 heavy (non-hydrogen) atoms. The Bertz CT molecular complexity index is 953. The first-order chi connectivity index (χ1) is 12.1. The molecule has 0 aliphatic carbocycles. The minimum absolute atomic E-state index is 0.0134. The molecular weight excluding hydrogens is 327 g/mol. The fourth-order valence-electron chi connectivity index (χ4n) is 2.47. The van der Waals surface area contributed by atoms with E-state index in [1.54, 1.807) is 37.3 Å². The third-order valence-electron chi connectivity index (χ3n) is 3.67. The number of hydrogen-bond acceptors (Lipinski definition) is 5. The van der Waals surface area contributed by atoms with Crippen LogP contribution in [0.25, 0.3) is 5.69 Å². The SMILES string of the molecule is Cc1nc(C(=O)Nc2ccc3c(c2)OCO3)nn1-c1ccc(F)cc1. The normalized spacial score (nSPS) is 12.2. The van der Waals surface area contributed by atoms with E-state index in [-0.39, 0.29) is 18.4 Å². The Morgan fingerprint density at radius 3 is 2.72 bits per heavy atom. The Morgan fingerprint density at radius 2 is 1.92 bits per heavy atom. The zero-order chi connectivity index (χ0) is 17.4. The zero-order valence-electron chi connectivity index (χ0n) is 13.2. The predicted molar refractivity (Wildman–Crippen MR) is 86.6 cm³/mol. The molecule has 7 nitrogen and oxygen atoms in total. The van der Waals surface area contributed by atoms with Gasteiger partial charge in [0, 0.05) is 11.8 Å². The first-order valence-corrected chi connectivity index (χ1v) is 7.51. The molecule has 0 spiro atoms. The van der Waals surface area contributed by atoms with Crippen LogP contribution in [0.3, 0.4) is 0 Å². The number of nitrogens with one attached hydrogen (secondary N) is 1. The maximum Gasteiger partial charge on any atom is 0.295 e. The minimum atomic E-state index is -0.456. The third-order valence-corrected chi connectivity index (χ3v) is 3.67. The first-order valence-electron chi connectivity index (χ1n) is 7.51. The van der Waals surface area contributed by atoms with Crippen molar-refractivity contribution in [2.75, 3.05) is 12.1 Å². The molecule has 0 radical (unpaired) electrons. The smallest absolute Gasteiger partial charge is 0.295 e. The zero-order valence-corrected chi connectivity index (χ0v) is 13.2. The van der Waals surface area contributed by atoms with Gasteiger partial charge in [0.1, 0.15) is 11.6 Å². The second kappa shape index (κ2) is 5.90. The van der Waals surface area contributed by atoms with E-state index in [2.05, 4.69) is 15.4 Å². The van der Waals surface area contributed by atoms with Crippen molar-refractivity contribution in [2.45, 2.75) is 6.92 Å². The van der Waals surface area contributed by atoms with Gasteiger partial charge in [-0.15, -0.1) is 5.10 Å². The van der Waals surface area contributed by atoms with Gasteiger partial charge in [0.15, 0.2) is 11.5 Å². The number of amides is 1. The van der Waals surface area contributed by atoms with Crippen molar-refractivity contribution < 1.29 is 18.7 Å². The number of anilines is 1. The molecule has 0 fully saturated rings. The quantitative estimate of drug-likeness (QED) is 0.793. The lowest BCUT2D eigenvalue weighted by Crippen LogP contribution is -2.14. The van der Waals surface area contributed by atoms with Crippen LogP contribution < -0.4 is 14.8 Å². The van der Waals surface area contributed by atoms with E-state index in [9.17, 15) is 9.18 Å². The fraction of sp³-hybridized carbons (Fsp3) is 0.118. The van der Waals surface area contributed by atoms with E-state index in [0.29, 0.717) is 28.7 Å². The number of carbonyl (C=O) groups excluding carboxylic acids is 1. The number of aryl methyl sites for hydroxylation is 1. The van der Waals surface area contributed by atoms with Crippen LogP contribution in [0, 0.1) is 12.7 Å². The standard InChI is InChI=1S/C17H13FN4O3/c1-10-19-16(21-22(10)13-5-2-11(18)3-6-13)17(23)20-12-4-7-14-15(8-12)25-9-24-14/h2-8H,9H2,1H3,(H,20,23). The van der Waals surface area contributed by atoms with E-state index in [1.807, 2.05) is 0 Å². The molecule has 0 saturated heterocycles. The van der Waals surface area contributed by atoms with Crippen LogP contribution in [0.15, 0.2) is 42.5 Å². The highest BCUT2D eigenvalue weighted by atomic mass is 19.1. The van der Waals surface area contributed by atoms with Crippen molar-refractivity contribution >= 4 is 11.6 Å². The monoisotopic (exact) mass is 340 g/mol. The van der Waals surface area contributed by atoms with Crippen LogP contribution in [0.2, 0.25) is 0 Å². The Kier molecular flexibility index (Phi) is 3.57. The second-order valence-corrected chi connectivity index (χ2v) is 5.39. The van der Waals surface area contributed by atoms with E-state index >= 15 is 0 Å². The van der Waals surface area contributed by atoms with Crippen LogP contribution >= 0.6 is 0 Å². The number of rotatable bonds is 3. The summed E-state index contributed by atoms with van der Waals surface area (Å²) in [6.45, 7) is 1.88. The number of hydrogen-bond donors (Lipinski definition) is 1. The molecular formula is C17H13FN4O3. The minimum Gasteiger partial charge on any atom is -0.454 e. The lowest BCUT2D eigenvalue weighted by molar-refractivity contribution is 0.101. The Hall–Kier alpha value is -3.42. The number of fused-ring (bicyclic) bond motifs is 1. The van der Waals surface area contributed by atoms with Gasteiger partial charge >= 0.3 is 0 Å². The Balaban J connectivity index is 1.56. The van der Waals surface area contributed by atoms with Crippen molar-refractivity contribution in [1.82, 2.24) is 14.8 Å². The molecule has 1 aliphatic heterocycles. The maximum atomic E-state index is 13.0. The summed E-state index contributed by atoms with van der Waals surface area (Å²) >= 11 is 0. The van der Waals surface area contributed by atoms with Crippen LogP contribution in [0.4, 0.5) is 10.1 Å². The lowest BCUT2D eigenvalue weighted by atomic mass is 10.3. The molecule has 0 atom stereocenters. The van der Waals surface area contributed by atoms with Crippen molar-refractivity contribution in [3.05, 3.63) is 59.9 Å². The van der Waals surface area contributed by atoms with Gasteiger partial charge in [-0.1, -0.05) is 0 Å². The average Bonchev–Trinajstić information content (AvgIpc) is 3.22. The molecule has 126 valence electrons. The summed E-state index contributed by atoms with van der Waals surface area (Å²) in [6.07, 6.45) is 0. The molecule has 4 rings (SSSR count). The van der Waals surface area contributed by atoms with Gasteiger partial charge in [-0.25, -0.2) is 14.1 Å². The summed E-state index contributed by atoms with van der Waals surface area (Å²) in [6, 6.07) is 10.9. The number of carbonyl (C=O) groups is 1. The highest BCUT2D eigenvalue weighted by Crippen LogP contribution is 2.34. The van der Waals surface area contributed by atoms with Gasteiger partial charge in [0.05, 0.1) is 5.69 Å². The highest BCUT2D eigenvalue weighted by Gasteiger charge is 2.18. The molecule has 1 aliphatic rings. The van der Waals surface area contributed by atoms with Gasteiger partial charge in [-0.3, -0.25) is 4.79 Å². The summed E-state index contributed by atoms with van der Waals surface area (Å²) in [5, 5.41) is 6.91. The molecule has 2 aromatic carbocycles. The summed E-state index contributed by atoms with van der Waals surface area (Å²) in [5.41, 5.74) is 1.17. The van der Waals surface area contributed by atoms with Gasteiger partial charge in [0.25, 0.3) is 5.91 Å². The summed E-state index contributed by atoms with van der Waals surface area (Å²) in [5.74, 6) is 0.929. The molecule has 1 amide bonds. The molecule has 1 aromatic heterocycles. The van der Waals surface area contributed by atoms with Gasteiger partial charge < -0.3 is 14.8 Å². The molecule has 3 aromatic rings. The van der Waals surface area contributed by atoms with Crippen molar-refractivity contribution in [2.24, 2.45) is 0 Å². The van der Waals surface area contributed by atoms with E-state index < -0.39 is 5.91 Å². The Labute approximate surface area is 142 Å². The number of halogens is 1. The van der Waals surface area contributed by atoms with Crippen LogP contribution in [-0.2, 0) is 0 Å². The first kappa shape index (κ1) is 15.1. The topological polar surface area (TPSA) is 78.3 Å². The third kappa shape index (κ3) is 2.89. The molecule has 2 heterocycles. The van der Waals surface area contributed by atoms with Crippen molar-refractivity contribution in [1.29, 1.82) is 0 Å². The number of benzene rings is 2. The largest absolute Gasteiger partial charge is 0.454 e.